The van der Waals surface area contributed by atoms with Crippen molar-refractivity contribution in [2.24, 2.45) is 34.0 Å². The highest BCUT2D eigenvalue weighted by molar-refractivity contribution is 7.92. The van der Waals surface area contributed by atoms with Crippen molar-refractivity contribution in [3.8, 4) is 0 Å². The van der Waals surface area contributed by atoms with Gasteiger partial charge in [0.15, 0.2) is 9.84 Å². The number of aliphatic hydroxyl groups excluding tert-OH is 1. The van der Waals surface area contributed by atoms with Gasteiger partial charge in [-0.25, -0.2) is 13.2 Å². The van der Waals surface area contributed by atoms with Crippen molar-refractivity contribution in [1.29, 1.82) is 0 Å². The zero-order valence-electron chi connectivity index (χ0n) is 17.2. The summed E-state index contributed by atoms with van der Waals surface area (Å²) >= 11 is 0. The van der Waals surface area contributed by atoms with Gasteiger partial charge in [-0.15, -0.1) is 0 Å². The highest BCUT2D eigenvalue weighted by Crippen LogP contribution is 2.68. The number of carboxylic acids is 1. The van der Waals surface area contributed by atoms with Crippen molar-refractivity contribution < 1.29 is 23.4 Å². The lowest BCUT2D eigenvalue weighted by molar-refractivity contribution is -0.140. The van der Waals surface area contributed by atoms with E-state index >= 15 is 0 Å². The SMILES string of the molecule is CC1(C)CCC[C@]2(C)[C@H]3CS(=O)(=O)C4C=C(C(=O)O)C=C(O)C4[C@]3(C)CC[C@@H]12. The number of carboxylic acid groups (broad SMARTS) is 1. The fourth-order valence-corrected chi connectivity index (χ4v) is 10.3. The average molecular weight is 409 g/mol. The Morgan fingerprint density at radius 3 is 2.39 bits per heavy atom. The molecular weight excluding hydrogens is 376 g/mol. The number of hydrogen-bond acceptors (Lipinski definition) is 4. The smallest absolute Gasteiger partial charge is 0.335 e. The van der Waals surface area contributed by atoms with Crippen LogP contribution in [0.4, 0.5) is 0 Å². The molecule has 5 nitrogen and oxygen atoms in total. The van der Waals surface area contributed by atoms with Gasteiger partial charge in [-0.3, -0.25) is 0 Å². The van der Waals surface area contributed by atoms with Gasteiger partial charge in [0.1, 0.15) is 0 Å². The van der Waals surface area contributed by atoms with Gasteiger partial charge in [-0.05, 0) is 59.8 Å². The molecule has 6 heteroatoms. The highest BCUT2D eigenvalue weighted by atomic mass is 32.2. The Balaban J connectivity index is 1.84. The normalized spacial score (nSPS) is 46.3. The van der Waals surface area contributed by atoms with Crippen LogP contribution in [-0.2, 0) is 14.6 Å². The molecule has 1 aliphatic heterocycles. The number of sulfone groups is 1. The predicted molar refractivity (Wildman–Crippen MR) is 108 cm³/mol. The third-order valence-electron chi connectivity index (χ3n) is 8.91. The molecule has 6 atom stereocenters. The first-order chi connectivity index (χ1) is 12.8. The Morgan fingerprint density at radius 2 is 1.75 bits per heavy atom. The molecular formula is C22H32O5S. The van der Waals surface area contributed by atoms with Crippen LogP contribution >= 0.6 is 0 Å². The van der Waals surface area contributed by atoms with Crippen molar-refractivity contribution in [3.63, 3.8) is 0 Å². The van der Waals surface area contributed by atoms with Gasteiger partial charge in [-0.1, -0.05) is 40.2 Å². The number of fused-ring (bicyclic) bond motifs is 5. The molecule has 2 unspecified atom stereocenters. The van der Waals surface area contributed by atoms with Crippen LogP contribution in [0.1, 0.15) is 59.8 Å². The van der Waals surface area contributed by atoms with Gasteiger partial charge >= 0.3 is 5.97 Å². The van der Waals surface area contributed by atoms with Crippen LogP contribution in [0.3, 0.4) is 0 Å². The van der Waals surface area contributed by atoms with E-state index in [0.717, 1.165) is 25.7 Å². The molecule has 0 aromatic heterocycles. The van der Waals surface area contributed by atoms with Crippen molar-refractivity contribution >= 4 is 15.8 Å². The lowest BCUT2D eigenvalue weighted by Crippen LogP contribution is -2.64. The fraction of sp³-hybridized carbons (Fsp3) is 0.773. The molecule has 3 fully saturated rings. The first kappa shape index (κ1) is 20.0. The fourth-order valence-electron chi connectivity index (χ4n) is 7.68. The van der Waals surface area contributed by atoms with Gasteiger partial charge in [-0.2, -0.15) is 0 Å². The maximum atomic E-state index is 13.3. The summed E-state index contributed by atoms with van der Waals surface area (Å²) < 4.78 is 26.7. The number of carbonyl (C=O) groups is 1. The van der Waals surface area contributed by atoms with Gasteiger partial charge in [0.25, 0.3) is 0 Å². The van der Waals surface area contributed by atoms with Crippen molar-refractivity contribution in [2.45, 2.75) is 65.0 Å². The topological polar surface area (TPSA) is 91.7 Å². The Bertz CT molecular complexity index is 883. The van der Waals surface area contributed by atoms with Crippen molar-refractivity contribution in [2.75, 3.05) is 5.75 Å². The van der Waals surface area contributed by atoms with Crippen LogP contribution in [0.5, 0.6) is 0 Å². The van der Waals surface area contributed by atoms with E-state index in [2.05, 4.69) is 27.7 Å². The minimum atomic E-state index is -3.56. The Kier molecular flexibility index (Phi) is 4.19. The summed E-state index contributed by atoms with van der Waals surface area (Å²) in [7, 11) is -3.56. The maximum absolute atomic E-state index is 13.3. The van der Waals surface area contributed by atoms with Gasteiger partial charge in [0.2, 0.25) is 0 Å². The molecule has 4 rings (SSSR count). The van der Waals surface area contributed by atoms with Crippen LogP contribution in [0, 0.1) is 34.0 Å². The summed E-state index contributed by atoms with van der Waals surface area (Å²) in [5.41, 5.74) is -0.363. The number of aliphatic hydroxyl groups is 1. The number of hydrogen-bond donors (Lipinski definition) is 2. The first-order valence-corrected chi connectivity index (χ1v) is 12.1. The number of rotatable bonds is 1. The van der Waals surface area contributed by atoms with Gasteiger partial charge < -0.3 is 10.2 Å². The van der Waals surface area contributed by atoms with E-state index in [9.17, 15) is 23.4 Å². The summed E-state index contributed by atoms with van der Waals surface area (Å²) in [5.74, 6) is -1.29. The molecule has 2 saturated carbocycles. The average Bonchev–Trinajstić information content (AvgIpc) is 2.56. The molecule has 0 spiro atoms. The van der Waals surface area contributed by atoms with E-state index in [1.54, 1.807) is 0 Å². The lowest BCUT2D eigenvalue weighted by atomic mass is 9.41. The van der Waals surface area contributed by atoms with Crippen LogP contribution < -0.4 is 0 Å². The standard InChI is InChI=1S/C22H32O5S/c1-20(2)7-5-8-21(3)16(20)6-9-22(4)17(21)12-28(26,27)15-11-13(19(24)25)10-14(23)18(15)22/h10-11,15-18,23H,5-9,12H2,1-4H3,(H,24,25)/t15?,16-,17+,18?,21-,22+/m0/s1. The minimum absolute atomic E-state index is 0.0279. The van der Waals surface area contributed by atoms with E-state index in [-0.39, 0.29) is 39.2 Å². The van der Waals surface area contributed by atoms with Gasteiger partial charge in [0, 0.05) is 5.92 Å². The summed E-state index contributed by atoms with van der Waals surface area (Å²) in [6.45, 7) is 9.05. The largest absolute Gasteiger partial charge is 0.512 e. The van der Waals surface area contributed by atoms with Gasteiger partial charge in [0.05, 0.1) is 22.3 Å². The molecule has 0 radical (unpaired) electrons. The predicted octanol–water partition coefficient (Wildman–Crippen LogP) is 4.12. The second-order valence-electron chi connectivity index (χ2n) is 10.8. The Morgan fingerprint density at radius 1 is 1.07 bits per heavy atom. The van der Waals surface area contributed by atoms with Crippen LogP contribution in [-0.4, -0.2) is 35.6 Å². The third-order valence-corrected chi connectivity index (χ3v) is 10.9. The maximum Gasteiger partial charge on any atom is 0.335 e. The highest BCUT2D eigenvalue weighted by Gasteiger charge is 2.66. The van der Waals surface area contributed by atoms with Crippen molar-refractivity contribution in [3.05, 3.63) is 23.5 Å². The zero-order valence-corrected chi connectivity index (χ0v) is 18.1. The van der Waals surface area contributed by atoms with Crippen LogP contribution in [0.15, 0.2) is 23.5 Å². The summed E-state index contributed by atoms with van der Waals surface area (Å²) in [5, 5.41) is 19.2. The Labute approximate surface area is 167 Å². The molecule has 156 valence electrons. The van der Waals surface area contributed by atoms with Crippen LogP contribution in [0.25, 0.3) is 0 Å². The van der Waals surface area contributed by atoms with E-state index in [1.165, 1.54) is 18.6 Å². The molecule has 3 aliphatic carbocycles. The molecule has 0 aromatic carbocycles. The number of allylic oxidation sites excluding steroid dienone is 1. The molecule has 0 bridgehead atoms. The minimum Gasteiger partial charge on any atom is -0.512 e. The number of aliphatic carboxylic acids is 1. The quantitative estimate of drug-likeness (QED) is 0.681. The lowest BCUT2D eigenvalue weighted by Gasteiger charge is -2.66. The molecule has 0 amide bonds. The second kappa shape index (κ2) is 5.87. The molecule has 28 heavy (non-hydrogen) atoms. The third kappa shape index (κ3) is 2.55. The van der Waals surface area contributed by atoms with Crippen molar-refractivity contribution in [1.82, 2.24) is 0 Å². The summed E-state index contributed by atoms with van der Waals surface area (Å²) in [4.78, 5) is 11.4. The molecule has 1 saturated heterocycles. The van der Waals surface area contributed by atoms with E-state index in [4.69, 9.17) is 0 Å². The first-order valence-electron chi connectivity index (χ1n) is 10.4. The molecule has 2 N–H and O–H groups in total. The molecule has 0 aromatic rings. The van der Waals surface area contributed by atoms with E-state index < -0.39 is 27.0 Å². The summed E-state index contributed by atoms with van der Waals surface area (Å²) in [6, 6.07) is 0. The molecule has 1 heterocycles. The molecule has 4 aliphatic rings. The monoisotopic (exact) mass is 408 g/mol. The Hall–Kier alpha value is -1.30. The second-order valence-corrected chi connectivity index (χ2v) is 13.0. The zero-order chi connectivity index (χ0) is 20.7. The van der Waals surface area contributed by atoms with Crippen LogP contribution in [0.2, 0.25) is 0 Å². The van der Waals surface area contributed by atoms with E-state index in [1.807, 2.05) is 0 Å². The summed E-state index contributed by atoms with van der Waals surface area (Å²) in [6.07, 6.45) is 7.83. The van der Waals surface area contributed by atoms with E-state index in [0.29, 0.717) is 5.92 Å².